The number of carbonyl (C=O) groups excluding carboxylic acids is 2. The molecule has 0 unspecified atom stereocenters. The zero-order valence-corrected chi connectivity index (χ0v) is 15.4. The van der Waals surface area contributed by atoms with E-state index in [1.165, 1.54) is 17.1 Å². The van der Waals surface area contributed by atoms with Crippen molar-refractivity contribution < 1.29 is 22.8 Å². The Bertz CT molecular complexity index is 942. The van der Waals surface area contributed by atoms with Crippen LogP contribution in [-0.4, -0.2) is 36.9 Å². The van der Waals surface area contributed by atoms with E-state index in [2.05, 4.69) is 21.1 Å². The SMILES string of the molecule is Cc1ccc(N2NC(C(=O)Nc3ccccc3NCC(F)(F)F)=NCC2=O)cc1. The van der Waals surface area contributed by atoms with Crippen molar-refractivity contribution in [3.8, 4) is 0 Å². The summed E-state index contributed by atoms with van der Waals surface area (Å²) in [5.74, 6) is -1.16. The van der Waals surface area contributed by atoms with Crippen molar-refractivity contribution in [2.75, 3.05) is 28.7 Å². The molecular formula is C19H18F3N5O2. The molecule has 0 saturated carbocycles. The first-order chi connectivity index (χ1) is 13.7. The van der Waals surface area contributed by atoms with Crippen molar-refractivity contribution in [3.63, 3.8) is 0 Å². The van der Waals surface area contributed by atoms with Crippen molar-refractivity contribution in [1.29, 1.82) is 0 Å². The first-order valence-electron chi connectivity index (χ1n) is 8.65. The van der Waals surface area contributed by atoms with E-state index in [1.54, 1.807) is 24.3 Å². The number of nitrogens with one attached hydrogen (secondary N) is 3. The largest absolute Gasteiger partial charge is 0.405 e. The third kappa shape index (κ3) is 5.24. The maximum absolute atomic E-state index is 12.6. The van der Waals surface area contributed by atoms with Gasteiger partial charge in [-0.15, -0.1) is 0 Å². The van der Waals surface area contributed by atoms with E-state index in [0.717, 1.165) is 5.56 Å². The molecule has 2 amide bonds. The Labute approximate surface area is 164 Å². The van der Waals surface area contributed by atoms with E-state index in [4.69, 9.17) is 0 Å². The molecular weight excluding hydrogens is 387 g/mol. The van der Waals surface area contributed by atoms with Crippen LogP contribution < -0.4 is 21.1 Å². The van der Waals surface area contributed by atoms with E-state index in [0.29, 0.717) is 5.69 Å². The Kier molecular flexibility index (Phi) is 5.71. The number of nitrogens with zero attached hydrogens (tertiary/aromatic N) is 2. The van der Waals surface area contributed by atoms with Gasteiger partial charge in [-0.3, -0.25) is 20.0 Å². The van der Waals surface area contributed by atoms with Crippen molar-refractivity contribution in [2.24, 2.45) is 4.99 Å². The molecule has 7 nitrogen and oxygen atoms in total. The molecule has 2 aromatic carbocycles. The topological polar surface area (TPSA) is 85.8 Å². The lowest BCUT2D eigenvalue weighted by Gasteiger charge is -2.27. The second kappa shape index (κ2) is 8.21. The molecule has 1 heterocycles. The second-order valence-corrected chi connectivity index (χ2v) is 6.31. The van der Waals surface area contributed by atoms with Crippen LogP contribution >= 0.6 is 0 Å². The molecule has 0 aliphatic carbocycles. The summed E-state index contributed by atoms with van der Waals surface area (Å²) in [5.41, 5.74) is 4.47. The second-order valence-electron chi connectivity index (χ2n) is 6.31. The van der Waals surface area contributed by atoms with Gasteiger partial charge >= 0.3 is 6.18 Å². The number of aliphatic imine (C=N–C) groups is 1. The predicted molar refractivity (Wildman–Crippen MR) is 104 cm³/mol. The molecule has 0 atom stereocenters. The van der Waals surface area contributed by atoms with E-state index < -0.39 is 18.6 Å². The van der Waals surface area contributed by atoms with Crippen LogP contribution in [-0.2, 0) is 9.59 Å². The molecule has 29 heavy (non-hydrogen) atoms. The van der Waals surface area contributed by atoms with Gasteiger partial charge in [0.05, 0.1) is 17.1 Å². The third-order valence-corrected chi connectivity index (χ3v) is 4.00. The summed E-state index contributed by atoms with van der Waals surface area (Å²) < 4.78 is 37.4. The van der Waals surface area contributed by atoms with Crippen LogP contribution in [0.15, 0.2) is 53.5 Å². The lowest BCUT2D eigenvalue weighted by atomic mass is 10.2. The summed E-state index contributed by atoms with van der Waals surface area (Å²) in [7, 11) is 0. The quantitative estimate of drug-likeness (QED) is 0.714. The summed E-state index contributed by atoms with van der Waals surface area (Å²) in [6.07, 6.45) is -4.40. The molecule has 152 valence electrons. The normalized spacial score (nSPS) is 14.1. The number of amides is 2. The van der Waals surface area contributed by atoms with E-state index in [-0.39, 0.29) is 29.7 Å². The van der Waals surface area contributed by atoms with Gasteiger partial charge < -0.3 is 10.6 Å². The van der Waals surface area contributed by atoms with Crippen LogP contribution in [0.3, 0.4) is 0 Å². The summed E-state index contributed by atoms with van der Waals surface area (Å²) in [4.78, 5) is 28.6. The first kappa shape index (κ1) is 20.2. The minimum atomic E-state index is -4.40. The maximum Gasteiger partial charge on any atom is 0.405 e. The fraction of sp³-hybridized carbons (Fsp3) is 0.211. The Balaban J connectivity index is 1.73. The number of amidine groups is 1. The van der Waals surface area contributed by atoms with Crippen LogP contribution in [0.1, 0.15) is 5.56 Å². The lowest BCUT2D eigenvalue weighted by molar-refractivity contribution is -0.118. The molecule has 0 radical (unpaired) electrons. The first-order valence-corrected chi connectivity index (χ1v) is 8.65. The van der Waals surface area contributed by atoms with Gasteiger partial charge in [-0.05, 0) is 31.2 Å². The van der Waals surface area contributed by atoms with Gasteiger partial charge in [-0.25, -0.2) is 5.01 Å². The van der Waals surface area contributed by atoms with Gasteiger partial charge in [0.2, 0.25) is 5.84 Å². The number of rotatable bonds is 5. The van der Waals surface area contributed by atoms with Crippen LogP contribution in [0.25, 0.3) is 0 Å². The number of aryl methyl sites for hydroxylation is 1. The van der Waals surface area contributed by atoms with Crippen LogP contribution in [0.5, 0.6) is 0 Å². The molecule has 3 N–H and O–H groups in total. The Hall–Kier alpha value is -3.56. The maximum atomic E-state index is 12.6. The molecule has 0 spiro atoms. The van der Waals surface area contributed by atoms with Crippen LogP contribution in [0.2, 0.25) is 0 Å². The number of hydrazine groups is 1. The van der Waals surface area contributed by atoms with Gasteiger partial charge in [-0.2, -0.15) is 13.2 Å². The molecule has 10 heteroatoms. The van der Waals surface area contributed by atoms with Gasteiger partial charge in [-0.1, -0.05) is 29.8 Å². The molecule has 0 bridgehead atoms. The summed E-state index contributed by atoms with van der Waals surface area (Å²) in [6, 6.07) is 13.1. The van der Waals surface area contributed by atoms with E-state index in [9.17, 15) is 22.8 Å². The van der Waals surface area contributed by atoms with E-state index >= 15 is 0 Å². The summed E-state index contributed by atoms with van der Waals surface area (Å²) >= 11 is 0. The number of alkyl halides is 3. The molecule has 0 aromatic heterocycles. The predicted octanol–water partition coefficient (Wildman–Crippen LogP) is 2.86. The van der Waals surface area contributed by atoms with Crippen molar-refractivity contribution in [3.05, 3.63) is 54.1 Å². The highest BCUT2D eigenvalue weighted by molar-refractivity contribution is 6.43. The highest BCUT2D eigenvalue weighted by Crippen LogP contribution is 2.24. The van der Waals surface area contributed by atoms with Gasteiger partial charge in [0.25, 0.3) is 11.8 Å². The number of benzene rings is 2. The van der Waals surface area contributed by atoms with Crippen molar-refractivity contribution in [2.45, 2.75) is 13.1 Å². The Morgan fingerprint density at radius 1 is 1.14 bits per heavy atom. The third-order valence-electron chi connectivity index (χ3n) is 4.00. The fourth-order valence-corrected chi connectivity index (χ4v) is 2.57. The number of anilines is 3. The highest BCUT2D eigenvalue weighted by Gasteiger charge is 2.28. The van der Waals surface area contributed by atoms with Crippen LogP contribution in [0.4, 0.5) is 30.2 Å². The fourth-order valence-electron chi connectivity index (χ4n) is 2.57. The molecule has 0 fully saturated rings. The average Bonchev–Trinajstić information content (AvgIpc) is 2.68. The highest BCUT2D eigenvalue weighted by atomic mass is 19.4. The monoisotopic (exact) mass is 405 g/mol. The average molecular weight is 405 g/mol. The lowest BCUT2D eigenvalue weighted by Crippen LogP contribution is -2.54. The molecule has 1 aliphatic heterocycles. The van der Waals surface area contributed by atoms with Gasteiger partial charge in [0.15, 0.2) is 0 Å². The summed E-state index contributed by atoms with van der Waals surface area (Å²) in [6.45, 7) is 0.423. The molecule has 1 aliphatic rings. The Morgan fingerprint density at radius 3 is 2.45 bits per heavy atom. The number of halogens is 3. The number of hydrogen-bond donors (Lipinski definition) is 3. The minimum Gasteiger partial charge on any atom is -0.375 e. The number of para-hydroxylation sites is 2. The zero-order chi connectivity index (χ0) is 21.0. The number of hydrogen-bond acceptors (Lipinski definition) is 5. The zero-order valence-electron chi connectivity index (χ0n) is 15.4. The van der Waals surface area contributed by atoms with Crippen molar-refractivity contribution >= 4 is 34.7 Å². The minimum absolute atomic E-state index is 0.112. The molecule has 3 rings (SSSR count). The number of carbonyl (C=O) groups is 2. The Morgan fingerprint density at radius 2 is 1.79 bits per heavy atom. The van der Waals surface area contributed by atoms with Gasteiger partial charge in [0, 0.05) is 0 Å². The smallest absolute Gasteiger partial charge is 0.375 e. The van der Waals surface area contributed by atoms with Crippen LogP contribution in [0, 0.1) is 6.92 Å². The van der Waals surface area contributed by atoms with Crippen molar-refractivity contribution in [1.82, 2.24) is 5.43 Å². The summed E-state index contributed by atoms with van der Waals surface area (Å²) in [5, 5.41) is 5.96. The van der Waals surface area contributed by atoms with E-state index in [1.807, 2.05) is 19.1 Å². The molecule has 2 aromatic rings. The van der Waals surface area contributed by atoms with Gasteiger partial charge in [0.1, 0.15) is 13.1 Å². The molecule has 0 saturated heterocycles. The standard InChI is InChI=1S/C19H18F3N5O2/c1-12-6-8-13(9-7-12)27-16(28)10-23-17(26-27)18(29)25-15-5-3-2-4-14(15)24-11-19(20,21)22/h2-9,24H,10-11H2,1H3,(H,23,26)(H,25,29).